The fourth-order valence-corrected chi connectivity index (χ4v) is 2.79. The Morgan fingerprint density at radius 1 is 1.38 bits per heavy atom. The molecule has 2 unspecified atom stereocenters. The fraction of sp³-hybridized carbons (Fsp3) is 0.867. The van der Waals surface area contributed by atoms with Crippen LogP contribution < -0.4 is 5.32 Å². The molecule has 0 bridgehead atoms. The second-order valence-electron chi connectivity index (χ2n) is 7.15. The molecule has 0 aliphatic carbocycles. The van der Waals surface area contributed by atoms with Crippen molar-refractivity contribution in [2.24, 2.45) is 11.3 Å². The summed E-state index contributed by atoms with van der Waals surface area (Å²) >= 11 is 0. The van der Waals surface area contributed by atoms with E-state index < -0.39 is 5.97 Å². The van der Waals surface area contributed by atoms with Crippen LogP contribution in [0.1, 0.15) is 46.5 Å². The van der Waals surface area contributed by atoms with E-state index in [1.54, 1.807) is 4.90 Å². The molecule has 1 aliphatic heterocycles. The topological polar surface area (TPSA) is 89.9 Å². The van der Waals surface area contributed by atoms with Crippen molar-refractivity contribution in [3.63, 3.8) is 0 Å². The monoisotopic (exact) mass is 300 g/mol. The first-order valence-corrected chi connectivity index (χ1v) is 7.59. The van der Waals surface area contributed by atoms with Gasteiger partial charge in [-0.25, -0.2) is 4.79 Å². The van der Waals surface area contributed by atoms with Crippen LogP contribution in [0, 0.1) is 11.3 Å². The number of piperidine rings is 1. The van der Waals surface area contributed by atoms with Crippen LogP contribution in [0.2, 0.25) is 0 Å². The van der Waals surface area contributed by atoms with Crippen LogP contribution in [-0.4, -0.2) is 52.9 Å². The summed E-state index contributed by atoms with van der Waals surface area (Å²) in [6.07, 6.45) is 2.35. The third-order valence-electron chi connectivity index (χ3n) is 3.67. The molecule has 0 saturated carbocycles. The van der Waals surface area contributed by atoms with E-state index in [0.717, 1.165) is 12.8 Å². The molecule has 0 aromatic rings. The van der Waals surface area contributed by atoms with Crippen molar-refractivity contribution in [3.8, 4) is 0 Å². The van der Waals surface area contributed by atoms with Crippen LogP contribution in [0.5, 0.6) is 0 Å². The minimum absolute atomic E-state index is 0.0527. The summed E-state index contributed by atoms with van der Waals surface area (Å²) in [4.78, 5) is 24.9. The van der Waals surface area contributed by atoms with Crippen molar-refractivity contribution < 1.29 is 19.8 Å². The fourth-order valence-electron chi connectivity index (χ4n) is 2.79. The quantitative estimate of drug-likeness (QED) is 0.720. The van der Waals surface area contributed by atoms with Gasteiger partial charge in [-0.05, 0) is 30.6 Å². The molecule has 0 spiro atoms. The smallest absolute Gasteiger partial charge is 0.317 e. The number of hydrogen-bond donors (Lipinski definition) is 3. The Morgan fingerprint density at radius 3 is 2.57 bits per heavy atom. The van der Waals surface area contributed by atoms with Gasteiger partial charge in [-0.3, -0.25) is 4.79 Å². The second-order valence-corrected chi connectivity index (χ2v) is 7.15. The Bertz CT molecular complexity index is 365. The number of nitrogens with one attached hydrogen (secondary N) is 1. The minimum atomic E-state index is -0.906. The van der Waals surface area contributed by atoms with E-state index in [-0.39, 0.29) is 36.4 Å². The Kier molecular flexibility index (Phi) is 6.45. The Labute approximate surface area is 126 Å². The van der Waals surface area contributed by atoms with Crippen molar-refractivity contribution in [1.82, 2.24) is 10.2 Å². The lowest BCUT2D eigenvalue weighted by Crippen LogP contribution is -2.50. The molecule has 21 heavy (non-hydrogen) atoms. The average Bonchev–Trinajstić information content (AvgIpc) is 2.35. The van der Waals surface area contributed by atoms with Gasteiger partial charge in [-0.2, -0.15) is 0 Å². The molecular weight excluding hydrogens is 272 g/mol. The highest BCUT2D eigenvalue weighted by Crippen LogP contribution is 2.23. The summed E-state index contributed by atoms with van der Waals surface area (Å²) < 4.78 is 0. The highest BCUT2D eigenvalue weighted by atomic mass is 16.4. The summed E-state index contributed by atoms with van der Waals surface area (Å²) in [6.45, 7) is 7.36. The van der Waals surface area contributed by atoms with Crippen molar-refractivity contribution in [2.45, 2.75) is 52.5 Å². The lowest BCUT2D eigenvalue weighted by Gasteiger charge is -2.34. The molecule has 1 heterocycles. The third kappa shape index (κ3) is 6.80. The van der Waals surface area contributed by atoms with E-state index in [1.807, 2.05) is 20.8 Å². The molecule has 6 heteroatoms. The summed E-state index contributed by atoms with van der Waals surface area (Å²) in [5.74, 6) is -0.776. The maximum Gasteiger partial charge on any atom is 0.317 e. The zero-order chi connectivity index (χ0) is 16.0. The number of carbonyl (C=O) groups excluding carboxylic acids is 1. The predicted molar refractivity (Wildman–Crippen MR) is 80.0 cm³/mol. The molecule has 3 N–H and O–H groups in total. The minimum Gasteiger partial charge on any atom is -0.481 e. The molecule has 1 fully saturated rings. The van der Waals surface area contributed by atoms with Gasteiger partial charge in [0.05, 0.1) is 6.42 Å². The van der Waals surface area contributed by atoms with Gasteiger partial charge >= 0.3 is 12.0 Å². The highest BCUT2D eigenvalue weighted by Gasteiger charge is 2.27. The number of likely N-dealkylation sites (tertiary alicyclic amines) is 1. The van der Waals surface area contributed by atoms with Gasteiger partial charge in [0.15, 0.2) is 0 Å². The second kappa shape index (κ2) is 7.64. The molecule has 6 nitrogen and oxygen atoms in total. The van der Waals surface area contributed by atoms with Gasteiger partial charge in [0, 0.05) is 25.7 Å². The maximum absolute atomic E-state index is 12.3. The molecule has 2 amide bonds. The van der Waals surface area contributed by atoms with Crippen LogP contribution in [0.4, 0.5) is 4.79 Å². The molecule has 2 atom stereocenters. The lowest BCUT2D eigenvalue weighted by molar-refractivity contribution is -0.137. The molecule has 0 radical (unpaired) electrons. The Balaban J connectivity index is 2.60. The number of aliphatic hydroxyl groups excluding tert-OH is 1. The van der Waals surface area contributed by atoms with Crippen LogP contribution in [0.15, 0.2) is 0 Å². The summed E-state index contributed by atoms with van der Waals surface area (Å²) in [5, 5.41) is 21.0. The molecule has 1 rings (SSSR count). The number of urea groups is 1. The first kappa shape index (κ1) is 17.8. The van der Waals surface area contributed by atoms with E-state index in [4.69, 9.17) is 5.11 Å². The van der Waals surface area contributed by atoms with E-state index in [0.29, 0.717) is 19.5 Å². The Hall–Kier alpha value is -1.30. The Morgan fingerprint density at radius 2 is 2.05 bits per heavy atom. The van der Waals surface area contributed by atoms with Crippen LogP contribution in [-0.2, 0) is 4.79 Å². The number of carboxylic acid groups (broad SMARTS) is 1. The van der Waals surface area contributed by atoms with Crippen molar-refractivity contribution in [3.05, 3.63) is 0 Å². The average molecular weight is 300 g/mol. The zero-order valence-electron chi connectivity index (χ0n) is 13.3. The highest BCUT2D eigenvalue weighted by molar-refractivity contribution is 5.76. The van der Waals surface area contributed by atoms with Crippen LogP contribution in [0.3, 0.4) is 0 Å². The number of carbonyl (C=O) groups is 2. The van der Waals surface area contributed by atoms with Crippen molar-refractivity contribution in [2.75, 3.05) is 19.7 Å². The molecule has 1 aliphatic rings. The van der Waals surface area contributed by atoms with Crippen LogP contribution in [0.25, 0.3) is 0 Å². The van der Waals surface area contributed by atoms with Crippen LogP contribution >= 0.6 is 0 Å². The number of carboxylic acids is 1. The van der Waals surface area contributed by atoms with Crippen molar-refractivity contribution >= 4 is 12.0 Å². The number of amides is 2. The normalized spacial score (nSPS) is 21.0. The summed E-state index contributed by atoms with van der Waals surface area (Å²) in [6, 6.07) is -0.590. The number of aliphatic hydroxyl groups is 1. The summed E-state index contributed by atoms with van der Waals surface area (Å²) in [5.41, 5.74) is -0.0527. The van der Waals surface area contributed by atoms with Gasteiger partial charge in [0.1, 0.15) is 0 Å². The lowest BCUT2D eigenvalue weighted by atomic mass is 9.87. The largest absolute Gasteiger partial charge is 0.481 e. The maximum atomic E-state index is 12.3. The molecule has 0 aromatic carbocycles. The van der Waals surface area contributed by atoms with E-state index >= 15 is 0 Å². The first-order valence-electron chi connectivity index (χ1n) is 7.59. The molecule has 122 valence electrons. The van der Waals surface area contributed by atoms with E-state index in [1.165, 1.54) is 0 Å². The molecular formula is C15H28N2O4. The number of aliphatic carboxylic acids is 1. The van der Waals surface area contributed by atoms with E-state index in [9.17, 15) is 14.7 Å². The molecule has 1 saturated heterocycles. The number of rotatable bonds is 5. The van der Waals surface area contributed by atoms with E-state index in [2.05, 4.69) is 5.32 Å². The number of nitrogens with zero attached hydrogens (tertiary/aromatic N) is 1. The predicted octanol–water partition coefficient (Wildman–Crippen LogP) is 1.68. The summed E-state index contributed by atoms with van der Waals surface area (Å²) in [7, 11) is 0. The number of hydrogen-bond acceptors (Lipinski definition) is 3. The van der Waals surface area contributed by atoms with Gasteiger partial charge in [0.2, 0.25) is 0 Å². The third-order valence-corrected chi connectivity index (χ3v) is 3.67. The molecule has 0 aromatic heterocycles. The van der Waals surface area contributed by atoms with Gasteiger partial charge in [-0.15, -0.1) is 0 Å². The van der Waals surface area contributed by atoms with Gasteiger partial charge < -0.3 is 20.4 Å². The first-order chi connectivity index (χ1) is 9.71. The van der Waals surface area contributed by atoms with Gasteiger partial charge in [-0.1, -0.05) is 20.8 Å². The van der Waals surface area contributed by atoms with Gasteiger partial charge in [0.25, 0.3) is 0 Å². The zero-order valence-corrected chi connectivity index (χ0v) is 13.3. The standard InChI is InChI=1S/C15H28N2O4/c1-15(2,3)8-12(7-13(19)20)16-14(21)17-6-4-5-11(9-17)10-18/h11-12,18H,4-10H2,1-3H3,(H,16,21)(H,19,20). The van der Waals surface area contributed by atoms with Crippen molar-refractivity contribution in [1.29, 1.82) is 0 Å². The SMILES string of the molecule is CC(C)(C)CC(CC(=O)O)NC(=O)N1CCCC(CO)C1.